The van der Waals surface area contributed by atoms with Crippen molar-refractivity contribution >= 4 is 17.7 Å². The number of alkyl halides is 3. The number of nitrogens with zero attached hydrogens (tertiary/aromatic N) is 4. The molecule has 2 aromatic rings. The number of methoxy groups -OCH3 is 1. The summed E-state index contributed by atoms with van der Waals surface area (Å²) < 4.78 is 44.8. The van der Waals surface area contributed by atoms with Gasteiger partial charge in [-0.15, -0.1) is 0 Å². The summed E-state index contributed by atoms with van der Waals surface area (Å²) in [5.74, 6) is -0.799. The third kappa shape index (κ3) is 3.30. The van der Waals surface area contributed by atoms with Gasteiger partial charge < -0.3 is 9.30 Å². The lowest BCUT2D eigenvalue weighted by Gasteiger charge is -2.05. The molecule has 9 heteroatoms. The van der Waals surface area contributed by atoms with Crippen LogP contribution in [-0.2, 0) is 22.8 Å². The molecule has 0 bridgehead atoms. The molecule has 0 N–H and O–H groups in total. The van der Waals surface area contributed by atoms with Crippen LogP contribution in [0.15, 0.2) is 25.0 Å². The summed E-state index contributed by atoms with van der Waals surface area (Å²) >= 11 is 0. The largest absolute Gasteiger partial charge is 0.464 e. The van der Waals surface area contributed by atoms with Gasteiger partial charge in [-0.2, -0.15) is 13.2 Å². The van der Waals surface area contributed by atoms with E-state index in [0.717, 1.165) is 18.0 Å². The maximum absolute atomic E-state index is 12.6. The standard InChI is InChI=1S/C12H11F3N4O2/c1-18-4-8(16-6-18)3-9(11(20)21-2)19-5-10(17-7-19)12(13,14)15/h3-7H,1-2H3/b9-3+. The predicted molar refractivity (Wildman–Crippen MR) is 66.6 cm³/mol. The molecule has 6 nitrogen and oxygen atoms in total. The Kier molecular flexibility index (Phi) is 3.83. The van der Waals surface area contributed by atoms with Crippen molar-refractivity contribution in [3.63, 3.8) is 0 Å². The van der Waals surface area contributed by atoms with E-state index in [0.29, 0.717) is 11.9 Å². The molecule has 0 radical (unpaired) electrons. The number of hydrogen-bond acceptors (Lipinski definition) is 4. The zero-order valence-corrected chi connectivity index (χ0v) is 11.1. The van der Waals surface area contributed by atoms with E-state index in [1.165, 1.54) is 12.4 Å². The van der Waals surface area contributed by atoms with Crippen LogP contribution in [0.25, 0.3) is 11.8 Å². The van der Waals surface area contributed by atoms with Gasteiger partial charge >= 0.3 is 12.1 Å². The Labute approximate surface area is 117 Å². The molecule has 0 saturated heterocycles. The molecule has 0 unspecified atom stereocenters. The van der Waals surface area contributed by atoms with Gasteiger partial charge in [0.05, 0.1) is 19.1 Å². The van der Waals surface area contributed by atoms with Gasteiger partial charge in [-0.3, -0.25) is 4.57 Å². The van der Waals surface area contributed by atoms with E-state index in [4.69, 9.17) is 0 Å². The molecule has 2 rings (SSSR count). The highest BCUT2D eigenvalue weighted by Crippen LogP contribution is 2.28. The molecule has 2 aromatic heterocycles. The van der Waals surface area contributed by atoms with Gasteiger partial charge in [0.1, 0.15) is 12.0 Å². The van der Waals surface area contributed by atoms with Crippen molar-refractivity contribution in [1.29, 1.82) is 0 Å². The number of carbonyl (C=O) groups is 1. The number of aromatic nitrogens is 4. The lowest BCUT2D eigenvalue weighted by atomic mass is 10.3. The molecule has 0 aliphatic heterocycles. The number of rotatable bonds is 3. The Morgan fingerprint density at radius 2 is 2.00 bits per heavy atom. The van der Waals surface area contributed by atoms with Crippen molar-refractivity contribution in [2.45, 2.75) is 6.18 Å². The highest BCUT2D eigenvalue weighted by atomic mass is 19.4. The predicted octanol–water partition coefficient (Wildman–Crippen LogP) is 1.81. The minimum absolute atomic E-state index is 0.126. The van der Waals surface area contributed by atoms with Gasteiger partial charge in [-0.25, -0.2) is 14.8 Å². The maximum Gasteiger partial charge on any atom is 0.434 e. The summed E-state index contributed by atoms with van der Waals surface area (Å²) in [6, 6.07) is 0. The van der Waals surface area contributed by atoms with Crippen molar-refractivity contribution in [2.24, 2.45) is 7.05 Å². The third-order valence-corrected chi connectivity index (χ3v) is 2.56. The molecule has 0 aliphatic carbocycles. The molecule has 0 fully saturated rings. The first-order valence-electron chi connectivity index (χ1n) is 5.71. The summed E-state index contributed by atoms with van der Waals surface area (Å²) in [6.45, 7) is 0. The number of esters is 1. The zero-order chi connectivity index (χ0) is 15.6. The first-order chi connectivity index (χ1) is 9.81. The maximum atomic E-state index is 12.6. The SMILES string of the molecule is COC(=O)/C(=C\c1cn(C)cn1)n1cnc(C(F)(F)F)c1. The number of carbonyl (C=O) groups excluding carboxylic acids is 1. The Morgan fingerprint density at radius 3 is 2.48 bits per heavy atom. The molecule has 0 spiro atoms. The molecule has 21 heavy (non-hydrogen) atoms. The van der Waals surface area contributed by atoms with Gasteiger partial charge in [-0.05, 0) is 6.08 Å². The molecular formula is C12H11F3N4O2. The molecule has 0 aliphatic rings. The van der Waals surface area contributed by atoms with Crippen LogP contribution in [0.4, 0.5) is 13.2 Å². The van der Waals surface area contributed by atoms with Crippen LogP contribution < -0.4 is 0 Å². The number of ether oxygens (including phenoxy) is 1. The van der Waals surface area contributed by atoms with Crippen LogP contribution in [0, 0.1) is 0 Å². The van der Waals surface area contributed by atoms with Crippen LogP contribution in [0.1, 0.15) is 11.4 Å². The minimum Gasteiger partial charge on any atom is -0.464 e. The molecule has 112 valence electrons. The van der Waals surface area contributed by atoms with Crippen molar-refractivity contribution in [1.82, 2.24) is 19.1 Å². The van der Waals surface area contributed by atoms with E-state index < -0.39 is 17.8 Å². The van der Waals surface area contributed by atoms with E-state index in [-0.39, 0.29) is 5.70 Å². The van der Waals surface area contributed by atoms with Crippen molar-refractivity contribution in [3.8, 4) is 0 Å². The fourth-order valence-electron chi connectivity index (χ4n) is 1.59. The van der Waals surface area contributed by atoms with E-state index in [1.54, 1.807) is 17.8 Å². The number of hydrogen-bond donors (Lipinski definition) is 0. The lowest BCUT2D eigenvalue weighted by Crippen LogP contribution is -2.10. The summed E-state index contributed by atoms with van der Waals surface area (Å²) in [6.07, 6.45) is 1.44. The average molecular weight is 300 g/mol. The molecule has 2 heterocycles. The summed E-state index contributed by atoms with van der Waals surface area (Å²) in [5.41, 5.74) is -0.822. The Balaban J connectivity index is 2.44. The highest BCUT2D eigenvalue weighted by molar-refractivity contribution is 6.15. The molecular weight excluding hydrogens is 289 g/mol. The lowest BCUT2D eigenvalue weighted by molar-refractivity contribution is -0.141. The monoisotopic (exact) mass is 300 g/mol. The van der Waals surface area contributed by atoms with Gasteiger partial charge in [-0.1, -0.05) is 0 Å². The summed E-state index contributed by atoms with van der Waals surface area (Å²) in [4.78, 5) is 18.9. The number of halogens is 3. The first-order valence-corrected chi connectivity index (χ1v) is 5.71. The van der Waals surface area contributed by atoms with Crippen molar-refractivity contribution < 1.29 is 22.7 Å². The molecule has 0 aromatic carbocycles. The second-order valence-electron chi connectivity index (χ2n) is 4.15. The van der Waals surface area contributed by atoms with Crippen LogP contribution in [0.5, 0.6) is 0 Å². The average Bonchev–Trinajstić information content (AvgIpc) is 3.03. The van der Waals surface area contributed by atoms with Crippen molar-refractivity contribution in [3.05, 3.63) is 36.4 Å². The van der Waals surface area contributed by atoms with Crippen LogP contribution in [0.3, 0.4) is 0 Å². The molecule has 0 saturated carbocycles. The van der Waals surface area contributed by atoms with Crippen LogP contribution in [-0.4, -0.2) is 32.2 Å². The Bertz CT molecular complexity index is 685. The minimum atomic E-state index is -4.59. The highest BCUT2D eigenvalue weighted by Gasteiger charge is 2.34. The molecule has 0 amide bonds. The van der Waals surface area contributed by atoms with E-state index in [9.17, 15) is 18.0 Å². The van der Waals surface area contributed by atoms with Gasteiger partial charge in [0, 0.05) is 19.4 Å². The van der Waals surface area contributed by atoms with Crippen LogP contribution in [0.2, 0.25) is 0 Å². The van der Waals surface area contributed by atoms with Crippen LogP contribution >= 0.6 is 0 Å². The van der Waals surface area contributed by atoms with Crippen molar-refractivity contribution in [2.75, 3.05) is 7.11 Å². The second kappa shape index (κ2) is 5.43. The van der Waals surface area contributed by atoms with Gasteiger partial charge in [0.25, 0.3) is 0 Å². The number of imidazole rings is 2. The zero-order valence-electron chi connectivity index (χ0n) is 11.1. The summed E-state index contributed by atoms with van der Waals surface area (Å²) in [7, 11) is 2.86. The normalized spacial score (nSPS) is 12.5. The van der Waals surface area contributed by atoms with E-state index >= 15 is 0 Å². The fraction of sp³-hybridized carbons (Fsp3) is 0.250. The van der Waals surface area contributed by atoms with Gasteiger partial charge in [0.15, 0.2) is 5.69 Å². The fourth-order valence-corrected chi connectivity index (χ4v) is 1.59. The smallest absolute Gasteiger partial charge is 0.434 e. The third-order valence-electron chi connectivity index (χ3n) is 2.56. The van der Waals surface area contributed by atoms with E-state index in [2.05, 4.69) is 14.7 Å². The molecule has 0 atom stereocenters. The Morgan fingerprint density at radius 1 is 1.29 bits per heavy atom. The second-order valence-corrected chi connectivity index (χ2v) is 4.15. The Hall–Kier alpha value is -2.58. The van der Waals surface area contributed by atoms with Gasteiger partial charge in [0.2, 0.25) is 0 Å². The quantitative estimate of drug-likeness (QED) is 0.640. The summed E-state index contributed by atoms with van der Waals surface area (Å²) in [5, 5.41) is 0. The van der Waals surface area contributed by atoms with E-state index in [1.807, 2.05) is 0 Å². The first kappa shape index (κ1) is 14.8. The number of aryl methyl sites for hydroxylation is 1. The topological polar surface area (TPSA) is 61.9 Å².